The highest BCUT2D eigenvalue weighted by atomic mass is 35.5. The van der Waals surface area contributed by atoms with Gasteiger partial charge in [0.25, 0.3) is 0 Å². The molecule has 1 aromatic heterocycles. The van der Waals surface area contributed by atoms with Crippen LogP contribution in [0.15, 0.2) is 36.4 Å². The van der Waals surface area contributed by atoms with Crippen LogP contribution in [0.25, 0.3) is 0 Å². The first-order valence-electron chi connectivity index (χ1n) is 5.46. The molecule has 17 heavy (non-hydrogen) atoms. The quantitative estimate of drug-likeness (QED) is 0.892. The van der Waals surface area contributed by atoms with Gasteiger partial charge < -0.3 is 11.1 Å². The first-order valence-corrected chi connectivity index (χ1v) is 6.65. The second-order valence-corrected chi connectivity index (χ2v) is 5.56. The minimum Gasteiger partial charge on any atom is -0.326 e. The molecular formula is C13H15ClN2S. The molecule has 0 spiro atoms. The van der Waals surface area contributed by atoms with Crippen LogP contribution in [0.1, 0.15) is 22.0 Å². The summed E-state index contributed by atoms with van der Waals surface area (Å²) in [6.07, 6.45) is 0. The smallest absolute Gasteiger partial charge is 0.0931 e. The van der Waals surface area contributed by atoms with E-state index in [1.165, 1.54) is 10.4 Å². The lowest BCUT2D eigenvalue weighted by molar-refractivity contribution is 0.703. The summed E-state index contributed by atoms with van der Waals surface area (Å²) in [6, 6.07) is 12.5. The second-order valence-electron chi connectivity index (χ2n) is 3.81. The highest BCUT2D eigenvalue weighted by Crippen LogP contribution is 2.30. The van der Waals surface area contributed by atoms with E-state index in [9.17, 15) is 0 Å². The molecule has 0 saturated carbocycles. The summed E-state index contributed by atoms with van der Waals surface area (Å²) in [7, 11) is 1.95. The van der Waals surface area contributed by atoms with Crippen molar-refractivity contribution in [3.8, 4) is 0 Å². The maximum absolute atomic E-state index is 5.97. The number of nitrogens with two attached hydrogens (primary N) is 1. The average Bonchev–Trinajstić information content (AvgIpc) is 2.78. The molecule has 2 nitrogen and oxygen atoms in total. The van der Waals surface area contributed by atoms with E-state index < -0.39 is 0 Å². The van der Waals surface area contributed by atoms with Crippen LogP contribution in [0.5, 0.6) is 0 Å². The van der Waals surface area contributed by atoms with Crippen molar-refractivity contribution in [1.29, 1.82) is 0 Å². The summed E-state index contributed by atoms with van der Waals surface area (Å²) >= 11 is 7.57. The molecule has 90 valence electrons. The maximum atomic E-state index is 5.97. The fraction of sp³-hybridized carbons (Fsp3) is 0.231. The van der Waals surface area contributed by atoms with E-state index in [0.29, 0.717) is 6.54 Å². The largest absolute Gasteiger partial charge is 0.326 e. The molecule has 0 aliphatic heterocycles. The third-order valence-electron chi connectivity index (χ3n) is 2.72. The lowest BCUT2D eigenvalue weighted by atomic mass is 10.0. The van der Waals surface area contributed by atoms with E-state index in [-0.39, 0.29) is 6.04 Å². The lowest BCUT2D eigenvalue weighted by Gasteiger charge is -2.15. The predicted octanol–water partition coefficient (Wildman–Crippen LogP) is 3.17. The van der Waals surface area contributed by atoms with Gasteiger partial charge in [0, 0.05) is 11.4 Å². The molecule has 1 heterocycles. The predicted molar refractivity (Wildman–Crippen MR) is 74.6 cm³/mol. The van der Waals surface area contributed by atoms with Crippen molar-refractivity contribution in [2.45, 2.75) is 12.6 Å². The van der Waals surface area contributed by atoms with Crippen LogP contribution >= 0.6 is 22.9 Å². The van der Waals surface area contributed by atoms with Gasteiger partial charge in [-0.1, -0.05) is 35.9 Å². The molecule has 0 aliphatic carbocycles. The summed E-state index contributed by atoms with van der Waals surface area (Å²) in [6.45, 7) is 0.579. The molecule has 0 bridgehead atoms. The van der Waals surface area contributed by atoms with Crippen LogP contribution < -0.4 is 11.1 Å². The van der Waals surface area contributed by atoms with Crippen molar-refractivity contribution in [2.24, 2.45) is 5.73 Å². The topological polar surface area (TPSA) is 38.0 Å². The molecule has 1 atom stereocenters. The van der Waals surface area contributed by atoms with Crippen LogP contribution in [0, 0.1) is 0 Å². The van der Waals surface area contributed by atoms with Gasteiger partial charge in [-0.3, -0.25) is 0 Å². The third kappa shape index (κ3) is 2.87. The van der Waals surface area contributed by atoms with Gasteiger partial charge in [-0.2, -0.15) is 0 Å². The number of rotatable bonds is 4. The summed E-state index contributed by atoms with van der Waals surface area (Å²) in [4.78, 5) is 1.22. The Kier molecular flexibility index (Phi) is 4.18. The molecule has 2 aromatic rings. The zero-order chi connectivity index (χ0) is 12.3. The molecule has 1 unspecified atom stereocenters. The van der Waals surface area contributed by atoms with Crippen molar-refractivity contribution in [3.05, 3.63) is 56.7 Å². The van der Waals surface area contributed by atoms with Gasteiger partial charge in [0.1, 0.15) is 0 Å². The molecule has 0 fully saturated rings. The van der Waals surface area contributed by atoms with Crippen LogP contribution in [0.2, 0.25) is 4.34 Å². The zero-order valence-electron chi connectivity index (χ0n) is 9.61. The number of thiophene rings is 1. The maximum Gasteiger partial charge on any atom is 0.0931 e. The third-order valence-corrected chi connectivity index (χ3v) is 4.01. The lowest BCUT2D eigenvalue weighted by Crippen LogP contribution is -2.16. The average molecular weight is 267 g/mol. The fourth-order valence-electron chi connectivity index (χ4n) is 1.80. The van der Waals surface area contributed by atoms with E-state index in [4.69, 9.17) is 17.3 Å². The van der Waals surface area contributed by atoms with Gasteiger partial charge in [0.2, 0.25) is 0 Å². The standard InChI is InChI=1S/C13H15ClN2S/c1-16-13(11-6-7-12(14)17-11)10-4-2-9(8-15)3-5-10/h2-7,13,16H,8,15H2,1H3. The molecule has 1 aromatic carbocycles. The summed E-state index contributed by atoms with van der Waals surface area (Å²) in [5.74, 6) is 0. The van der Waals surface area contributed by atoms with Crippen molar-refractivity contribution < 1.29 is 0 Å². The molecule has 0 amide bonds. The fourth-order valence-corrected chi connectivity index (χ4v) is 3.00. The Bertz CT molecular complexity index is 478. The molecule has 0 radical (unpaired) electrons. The first kappa shape index (κ1) is 12.6. The molecule has 0 aliphatic rings. The van der Waals surface area contributed by atoms with Gasteiger partial charge in [0.05, 0.1) is 10.4 Å². The molecule has 0 saturated heterocycles. The molecule has 2 rings (SSSR count). The zero-order valence-corrected chi connectivity index (χ0v) is 11.2. The molecule has 3 N–H and O–H groups in total. The van der Waals surface area contributed by atoms with Gasteiger partial charge in [-0.15, -0.1) is 11.3 Å². The Balaban J connectivity index is 2.28. The van der Waals surface area contributed by atoms with E-state index in [1.54, 1.807) is 11.3 Å². The van der Waals surface area contributed by atoms with Gasteiger partial charge in [0.15, 0.2) is 0 Å². The van der Waals surface area contributed by atoms with E-state index in [2.05, 4.69) is 35.6 Å². The minimum absolute atomic E-state index is 0.194. The van der Waals surface area contributed by atoms with Gasteiger partial charge >= 0.3 is 0 Å². The van der Waals surface area contributed by atoms with Crippen LogP contribution in [0.4, 0.5) is 0 Å². The first-order chi connectivity index (χ1) is 8.24. The van der Waals surface area contributed by atoms with Crippen molar-refractivity contribution in [3.63, 3.8) is 0 Å². The highest BCUT2D eigenvalue weighted by molar-refractivity contribution is 7.16. The number of halogens is 1. The van der Waals surface area contributed by atoms with Gasteiger partial charge in [-0.25, -0.2) is 0 Å². The van der Waals surface area contributed by atoms with Crippen molar-refractivity contribution in [2.75, 3.05) is 7.05 Å². The SMILES string of the molecule is CNC(c1ccc(CN)cc1)c1ccc(Cl)s1. The van der Waals surface area contributed by atoms with Crippen LogP contribution in [-0.4, -0.2) is 7.05 Å². The van der Waals surface area contributed by atoms with Crippen LogP contribution in [-0.2, 0) is 6.54 Å². The summed E-state index contributed by atoms with van der Waals surface area (Å²) in [5, 5.41) is 3.31. The Morgan fingerprint density at radius 3 is 2.41 bits per heavy atom. The van der Waals surface area contributed by atoms with Crippen molar-refractivity contribution >= 4 is 22.9 Å². The Morgan fingerprint density at radius 2 is 1.94 bits per heavy atom. The minimum atomic E-state index is 0.194. The summed E-state index contributed by atoms with van der Waals surface area (Å²) < 4.78 is 0.818. The summed E-state index contributed by atoms with van der Waals surface area (Å²) in [5.41, 5.74) is 7.96. The number of nitrogens with one attached hydrogen (secondary N) is 1. The number of hydrogen-bond acceptors (Lipinski definition) is 3. The molecular weight excluding hydrogens is 252 g/mol. The van der Waals surface area contributed by atoms with Crippen molar-refractivity contribution in [1.82, 2.24) is 5.32 Å². The Labute approximate surface area is 110 Å². The second kappa shape index (κ2) is 5.65. The van der Waals surface area contributed by atoms with Crippen LogP contribution in [0.3, 0.4) is 0 Å². The van der Waals surface area contributed by atoms with Gasteiger partial charge in [-0.05, 0) is 30.3 Å². The molecule has 4 heteroatoms. The van der Waals surface area contributed by atoms with E-state index >= 15 is 0 Å². The number of hydrogen-bond donors (Lipinski definition) is 2. The number of benzene rings is 1. The highest BCUT2D eigenvalue weighted by Gasteiger charge is 2.13. The van der Waals surface area contributed by atoms with E-state index in [0.717, 1.165) is 9.90 Å². The monoisotopic (exact) mass is 266 g/mol. The van der Waals surface area contributed by atoms with E-state index in [1.807, 2.05) is 13.1 Å². The normalized spacial score (nSPS) is 12.6. The Hall–Kier alpha value is -0.870. The Morgan fingerprint density at radius 1 is 1.24 bits per heavy atom.